The van der Waals surface area contributed by atoms with Crippen LogP contribution < -0.4 is 10.2 Å². The summed E-state index contributed by atoms with van der Waals surface area (Å²) in [6.45, 7) is 5.55. The van der Waals surface area contributed by atoms with Gasteiger partial charge < -0.3 is 10.2 Å². The molecule has 0 saturated carbocycles. The predicted molar refractivity (Wildman–Crippen MR) is 61.1 cm³/mol. The second kappa shape index (κ2) is 3.49. The third-order valence-electron chi connectivity index (χ3n) is 3.61. The van der Waals surface area contributed by atoms with Crippen molar-refractivity contribution in [2.75, 3.05) is 24.5 Å². The van der Waals surface area contributed by atoms with Gasteiger partial charge in [-0.3, -0.25) is 0 Å². The van der Waals surface area contributed by atoms with E-state index in [2.05, 4.69) is 40.3 Å². The minimum atomic E-state index is 0.680. The molecule has 0 bridgehead atoms. The van der Waals surface area contributed by atoms with Gasteiger partial charge in [0.2, 0.25) is 0 Å². The van der Waals surface area contributed by atoms with E-state index in [1.807, 2.05) is 0 Å². The van der Waals surface area contributed by atoms with Crippen LogP contribution in [0.5, 0.6) is 0 Å². The van der Waals surface area contributed by atoms with Gasteiger partial charge in [-0.1, -0.05) is 6.07 Å². The monoisotopic (exact) mass is 203 g/mol. The first-order valence-electron chi connectivity index (χ1n) is 5.75. The van der Waals surface area contributed by atoms with Gasteiger partial charge in [0.05, 0.1) is 0 Å². The minimum absolute atomic E-state index is 0.680. The van der Waals surface area contributed by atoms with Crippen molar-refractivity contribution < 1.29 is 0 Å². The zero-order valence-corrected chi connectivity index (χ0v) is 9.11. The molecular formula is C12H17N3. The maximum atomic E-state index is 4.61. The second-order valence-electron chi connectivity index (χ2n) is 4.60. The molecule has 2 aliphatic rings. The average Bonchev–Trinajstić information content (AvgIpc) is 2.77. The van der Waals surface area contributed by atoms with Crippen LogP contribution in [0.3, 0.4) is 0 Å². The van der Waals surface area contributed by atoms with Crippen LogP contribution in [0.25, 0.3) is 0 Å². The first-order valence-corrected chi connectivity index (χ1v) is 5.75. The van der Waals surface area contributed by atoms with E-state index in [1.165, 1.54) is 19.5 Å². The fourth-order valence-electron chi connectivity index (χ4n) is 2.82. The van der Waals surface area contributed by atoms with Crippen LogP contribution in [0.4, 0.5) is 5.82 Å². The van der Waals surface area contributed by atoms with Crippen molar-refractivity contribution in [2.24, 2.45) is 5.92 Å². The Morgan fingerprint density at radius 2 is 2.33 bits per heavy atom. The Kier molecular flexibility index (Phi) is 2.13. The zero-order chi connectivity index (χ0) is 10.3. The van der Waals surface area contributed by atoms with Gasteiger partial charge in [-0.25, -0.2) is 4.98 Å². The summed E-state index contributed by atoms with van der Waals surface area (Å²) in [6.07, 6.45) is 1.31. The Labute approximate surface area is 90.5 Å². The highest BCUT2D eigenvalue weighted by Gasteiger charge is 2.37. The molecule has 2 fully saturated rings. The number of fused-ring (bicyclic) bond motifs is 1. The predicted octanol–water partition coefficient (Wildman–Crippen LogP) is 1.19. The van der Waals surface area contributed by atoms with Crippen LogP contribution in [0.2, 0.25) is 0 Å². The molecule has 3 heteroatoms. The highest BCUT2D eigenvalue weighted by atomic mass is 15.3. The van der Waals surface area contributed by atoms with Crippen LogP contribution in [-0.2, 0) is 0 Å². The van der Waals surface area contributed by atoms with Crippen molar-refractivity contribution >= 4 is 5.82 Å². The van der Waals surface area contributed by atoms with E-state index in [9.17, 15) is 0 Å². The Hall–Kier alpha value is -1.09. The molecule has 1 aromatic rings. The van der Waals surface area contributed by atoms with Crippen molar-refractivity contribution in [1.82, 2.24) is 10.3 Å². The lowest BCUT2D eigenvalue weighted by molar-refractivity contribution is 0.577. The molecule has 2 atom stereocenters. The van der Waals surface area contributed by atoms with E-state index in [-0.39, 0.29) is 0 Å². The third-order valence-corrected chi connectivity index (χ3v) is 3.61. The molecule has 3 heterocycles. The number of hydrogen-bond donors (Lipinski definition) is 1. The lowest BCUT2D eigenvalue weighted by Gasteiger charge is -2.24. The summed E-state index contributed by atoms with van der Waals surface area (Å²) >= 11 is 0. The van der Waals surface area contributed by atoms with Crippen LogP contribution in [-0.4, -0.2) is 30.7 Å². The topological polar surface area (TPSA) is 28.2 Å². The Bertz CT molecular complexity index is 364. The van der Waals surface area contributed by atoms with Crippen LogP contribution in [0.15, 0.2) is 18.2 Å². The molecule has 0 amide bonds. The lowest BCUT2D eigenvalue weighted by Crippen LogP contribution is -2.34. The molecule has 2 saturated heterocycles. The molecule has 0 unspecified atom stereocenters. The standard InChI is InChI=1S/C12H17N3/c1-9-3-2-4-12(14-9)15-6-5-10-7-13-8-11(10)15/h2-4,10-11,13H,5-8H2,1H3/t10-,11+/m0/s1. The van der Waals surface area contributed by atoms with E-state index >= 15 is 0 Å². The SMILES string of the molecule is Cc1cccc(N2CC[C@H]3CNC[C@H]32)n1. The maximum Gasteiger partial charge on any atom is 0.129 e. The maximum absolute atomic E-state index is 4.61. The summed E-state index contributed by atoms with van der Waals surface area (Å²) in [4.78, 5) is 7.08. The normalized spacial score (nSPS) is 29.5. The van der Waals surface area contributed by atoms with Crippen LogP contribution >= 0.6 is 0 Å². The number of rotatable bonds is 1. The van der Waals surface area contributed by atoms with E-state index < -0.39 is 0 Å². The van der Waals surface area contributed by atoms with Crippen LogP contribution in [0, 0.1) is 12.8 Å². The smallest absolute Gasteiger partial charge is 0.129 e. The molecule has 0 aromatic carbocycles. The minimum Gasteiger partial charge on any atom is -0.352 e. The number of nitrogens with zero attached hydrogens (tertiary/aromatic N) is 2. The van der Waals surface area contributed by atoms with Crippen LogP contribution in [0.1, 0.15) is 12.1 Å². The Morgan fingerprint density at radius 3 is 3.20 bits per heavy atom. The van der Waals surface area contributed by atoms with Gasteiger partial charge in [0, 0.05) is 31.4 Å². The lowest BCUT2D eigenvalue weighted by atomic mass is 10.1. The summed E-state index contributed by atoms with van der Waals surface area (Å²) in [5, 5.41) is 3.47. The number of nitrogens with one attached hydrogen (secondary N) is 1. The summed E-state index contributed by atoms with van der Waals surface area (Å²) in [7, 11) is 0. The van der Waals surface area contributed by atoms with Crippen molar-refractivity contribution in [1.29, 1.82) is 0 Å². The molecule has 0 aliphatic carbocycles. The Morgan fingerprint density at radius 1 is 1.40 bits per heavy atom. The number of aromatic nitrogens is 1. The number of aryl methyl sites for hydroxylation is 1. The van der Waals surface area contributed by atoms with Gasteiger partial charge >= 0.3 is 0 Å². The zero-order valence-electron chi connectivity index (χ0n) is 9.11. The Balaban J connectivity index is 1.88. The van der Waals surface area contributed by atoms with E-state index in [0.29, 0.717) is 6.04 Å². The summed E-state index contributed by atoms with van der Waals surface area (Å²) in [6, 6.07) is 6.98. The van der Waals surface area contributed by atoms with Crippen molar-refractivity contribution in [3.8, 4) is 0 Å². The van der Waals surface area contributed by atoms with Gasteiger partial charge in [0.15, 0.2) is 0 Å². The summed E-state index contributed by atoms with van der Waals surface area (Å²) < 4.78 is 0. The molecule has 1 aromatic heterocycles. The molecule has 15 heavy (non-hydrogen) atoms. The molecule has 2 aliphatic heterocycles. The van der Waals surface area contributed by atoms with Gasteiger partial charge in [-0.05, 0) is 31.4 Å². The highest BCUT2D eigenvalue weighted by molar-refractivity contribution is 5.43. The van der Waals surface area contributed by atoms with E-state index in [1.54, 1.807) is 0 Å². The molecule has 3 nitrogen and oxygen atoms in total. The number of hydrogen-bond acceptors (Lipinski definition) is 3. The van der Waals surface area contributed by atoms with Gasteiger partial charge in [0.25, 0.3) is 0 Å². The van der Waals surface area contributed by atoms with Crippen molar-refractivity contribution in [2.45, 2.75) is 19.4 Å². The third kappa shape index (κ3) is 1.51. The van der Waals surface area contributed by atoms with Gasteiger partial charge in [-0.2, -0.15) is 0 Å². The first kappa shape index (κ1) is 9.16. The van der Waals surface area contributed by atoms with E-state index in [0.717, 1.165) is 24.0 Å². The van der Waals surface area contributed by atoms with Gasteiger partial charge in [0.1, 0.15) is 5.82 Å². The molecule has 0 spiro atoms. The van der Waals surface area contributed by atoms with Crippen molar-refractivity contribution in [3.05, 3.63) is 23.9 Å². The molecule has 1 N–H and O–H groups in total. The highest BCUT2D eigenvalue weighted by Crippen LogP contribution is 2.30. The quantitative estimate of drug-likeness (QED) is 0.743. The average molecular weight is 203 g/mol. The number of anilines is 1. The molecule has 80 valence electrons. The fourth-order valence-corrected chi connectivity index (χ4v) is 2.82. The van der Waals surface area contributed by atoms with Gasteiger partial charge in [-0.15, -0.1) is 0 Å². The number of pyridine rings is 1. The fraction of sp³-hybridized carbons (Fsp3) is 0.583. The van der Waals surface area contributed by atoms with Crippen molar-refractivity contribution in [3.63, 3.8) is 0 Å². The second-order valence-corrected chi connectivity index (χ2v) is 4.60. The summed E-state index contributed by atoms with van der Waals surface area (Å²) in [5.74, 6) is 2.00. The summed E-state index contributed by atoms with van der Waals surface area (Å²) in [5.41, 5.74) is 1.11. The molecule has 3 rings (SSSR count). The largest absolute Gasteiger partial charge is 0.352 e. The molecule has 0 radical (unpaired) electrons. The first-order chi connectivity index (χ1) is 7.34. The van der Waals surface area contributed by atoms with E-state index in [4.69, 9.17) is 0 Å². The molecular weight excluding hydrogens is 186 g/mol.